The fourth-order valence-electron chi connectivity index (χ4n) is 2.43. The maximum atomic E-state index is 11.8. The lowest BCUT2D eigenvalue weighted by atomic mass is 9.89. The van der Waals surface area contributed by atoms with Crippen molar-refractivity contribution in [2.24, 2.45) is 11.0 Å². The molecule has 1 atom stereocenters. The maximum Gasteiger partial charge on any atom is 0.259 e. The van der Waals surface area contributed by atoms with Crippen molar-refractivity contribution in [2.45, 2.75) is 32.6 Å². The highest BCUT2D eigenvalue weighted by atomic mass is 16.5. The third kappa shape index (κ3) is 5.10. The van der Waals surface area contributed by atoms with E-state index in [1.54, 1.807) is 7.11 Å². The van der Waals surface area contributed by atoms with Gasteiger partial charge in [-0.3, -0.25) is 4.79 Å². The van der Waals surface area contributed by atoms with Gasteiger partial charge in [-0.05, 0) is 55.9 Å². The van der Waals surface area contributed by atoms with Gasteiger partial charge in [0.2, 0.25) is 0 Å². The van der Waals surface area contributed by atoms with Gasteiger partial charge in [0.15, 0.2) is 0 Å². The second-order valence-corrected chi connectivity index (χ2v) is 5.50. The quantitative estimate of drug-likeness (QED) is 0.819. The third-order valence-electron chi connectivity index (χ3n) is 3.63. The monoisotopic (exact) mass is 289 g/mol. The molecule has 5 nitrogen and oxygen atoms in total. The number of amides is 1. The smallest absolute Gasteiger partial charge is 0.259 e. The Balaban J connectivity index is 1.75. The molecule has 0 spiro atoms. The zero-order valence-corrected chi connectivity index (χ0v) is 12.7. The first-order valence-electron chi connectivity index (χ1n) is 7.39. The molecule has 5 heteroatoms. The lowest BCUT2D eigenvalue weighted by Crippen LogP contribution is -2.27. The number of carbonyl (C=O) groups is 1. The molecule has 1 amide bonds. The average molecular weight is 289 g/mol. The topological polar surface area (TPSA) is 62.7 Å². The number of rotatable bonds is 5. The van der Waals surface area contributed by atoms with Crippen molar-refractivity contribution >= 4 is 17.3 Å². The third-order valence-corrected chi connectivity index (χ3v) is 3.63. The van der Waals surface area contributed by atoms with E-state index < -0.39 is 0 Å². The van der Waals surface area contributed by atoms with Gasteiger partial charge < -0.3 is 10.1 Å². The second kappa shape index (κ2) is 7.67. The van der Waals surface area contributed by atoms with Gasteiger partial charge in [-0.2, -0.15) is 5.10 Å². The molecule has 1 aromatic rings. The van der Waals surface area contributed by atoms with Crippen LogP contribution in [0.5, 0.6) is 5.75 Å². The van der Waals surface area contributed by atoms with Crippen LogP contribution in [0.2, 0.25) is 0 Å². The van der Waals surface area contributed by atoms with E-state index in [4.69, 9.17) is 4.74 Å². The lowest BCUT2D eigenvalue weighted by molar-refractivity contribution is -0.119. The number of ether oxygens (including phenoxy) is 1. The van der Waals surface area contributed by atoms with E-state index in [-0.39, 0.29) is 12.5 Å². The Morgan fingerprint density at radius 2 is 2.14 bits per heavy atom. The SMILES string of the molecule is COc1ccc(NCC(=O)N/N=C2\CCC[C@H](C)C2)cc1. The molecule has 114 valence electrons. The summed E-state index contributed by atoms with van der Waals surface area (Å²) in [4.78, 5) is 11.8. The number of nitrogens with one attached hydrogen (secondary N) is 2. The minimum Gasteiger partial charge on any atom is -0.497 e. The summed E-state index contributed by atoms with van der Waals surface area (Å²) in [5, 5.41) is 7.29. The molecule has 1 aromatic carbocycles. The van der Waals surface area contributed by atoms with E-state index in [9.17, 15) is 4.79 Å². The molecule has 1 saturated carbocycles. The Hall–Kier alpha value is -2.04. The van der Waals surface area contributed by atoms with E-state index in [1.807, 2.05) is 24.3 Å². The molecule has 0 radical (unpaired) electrons. The molecule has 0 saturated heterocycles. The molecule has 0 unspecified atom stereocenters. The van der Waals surface area contributed by atoms with Crippen LogP contribution in [-0.4, -0.2) is 25.3 Å². The second-order valence-electron chi connectivity index (χ2n) is 5.50. The predicted molar refractivity (Wildman–Crippen MR) is 84.7 cm³/mol. The van der Waals surface area contributed by atoms with Crippen LogP contribution in [0, 0.1) is 5.92 Å². The Labute approximate surface area is 125 Å². The van der Waals surface area contributed by atoms with E-state index in [0.29, 0.717) is 5.92 Å². The zero-order chi connectivity index (χ0) is 15.1. The van der Waals surface area contributed by atoms with Gasteiger partial charge in [-0.25, -0.2) is 5.43 Å². The standard InChI is InChI=1S/C16H23N3O2/c1-12-4-3-5-14(10-12)18-19-16(20)11-17-13-6-8-15(21-2)9-7-13/h6-9,12,17H,3-5,10-11H2,1-2H3,(H,19,20)/b18-14+/t12-/m0/s1. The summed E-state index contributed by atoms with van der Waals surface area (Å²) >= 11 is 0. The zero-order valence-electron chi connectivity index (χ0n) is 12.7. The van der Waals surface area contributed by atoms with Gasteiger partial charge in [-0.15, -0.1) is 0 Å². The average Bonchev–Trinajstić information content (AvgIpc) is 2.51. The molecular weight excluding hydrogens is 266 g/mol. The van der Waals surface area contributed by atoms with Gasteiger partial charge in [-0.1, -0.05) is 6.92 Å². The molecule has 0 heterocycles. The number of benzene rings is 1. The van der Waals surface area contributed by atoms with E-state index in [2.05, 4.69) is 22.8 Å². The molecule has 1 fully saturated rings. The molecule has 2 N–H and O–H groups in total. The summed E-state index contributed by atoms with van der Waals surface area (Å²) in [7, 11) is 1.63. The number of methoxy groups -OCH3 is 1. The van der Waals surface area contributed by atoms with Crippen LogP contribution in [0.3, 0.4) is 0 Å². The first-order chi connectivity index (χ1) is 10.2. The predicted octanol–water partition coefficient (Wildman–Crippen LogP) is 2.79. The molecule has 0 aliphatic heterocycles. The fourth-order valence-corrected chi connectivity index (χ4v) is 2.43. The van der Waals surface area contributed by atoms with Crippen LogP contribution < -0.4 is 15.5 Å². The van der Waals surface area contributed by atoms with Crippen LogP contribution in [0.1, 0.15) is 32.6 Å². The van der Waals surface area contributed by atoms with Crippen LogP contribution in [0.25, 0.3) is 0 Å². The highest BCUT2D eigenvalue weighted by molar-refractivity contribution is 5.87. The van der Waals surface area contributed by atoms with Gasteiger partial charge in [0.1, 0.15) is 5.75 Å². The summed E-state index contributed by atoms with van der Waals surface area (Å²) in [5.74, 6) is 1.34. The molecule has 2 rings (SSSR count). The lowest BCUT2D eigenvalue weighted by Gasteiger charge is -2.18. The molecule has 21 heavy (non-hydrogen) atoms. The number of hydrogen-bond donors (Lipinski definition) is 2. The number of nitrogens with zero attached hydrogens (tertiary/aromatic N) is 1. The van der Waals surface area contributed by atoms with Crippen molar-refractivity contribution in [3.05, 3.63) is 24.3 Å². The van der Waals surface area contributed by atoms with Crippen molar-refractivity contribution < 1.29 is 9.53 Å². The summed E-state index contributed by atoms with van der Waals surface area (Å²) in [6.07, 6.45) is 4.41. The largest absolute Gasteiger partial charge is 0.497 e. The Bertz CT molecular complexity index is 497. The number of carbonyl (C=O) groups excluding carboxylic acids is 1. The minimum atomic E-state index is -0.128. The molecule has 1 aliphatic carbocycles. The first-order valence-corrected chi connectivity index (χ1v) is 7.39. The van der Waals surface area contributed by atoms with Gasteiger partial charge in [0.25, 0.3) is 5.91 Å². The van der Waals surface area contributed by atoms with Crippen molar-refractivity contribution in [2.75, 3.05) is 19.0 Å². The summed E-state index contributed by atoms with van der Waals surface area (Å²) in [6, 6.07) is 7.45. The van der Waals surface area contributed by atoms with Crippen LogP contribution in [-0.2, 0) is 4.79 Å². The fraction of sp³-hybridized carbons (Fsp3) is 0.500. The highest BCUT2D eigenvalue weighted by Gasteiger charge is 2.14. The maximum absolute atomic E-state index is 11.8. The summed E-state index contributed by atoms with van der Waals surface area (Å²) in [5.41, 5.74) is 4.61. The number of hydrazone groups is 1. The highest BCUT2D eigenvalue weighted by Crippen LogP contribution is 2.20. The molecular formula is C16H23N3O2. The molecule has 0 aromatic heterocycles. The number of hydrogen-bond acceptors (Lipinski definition) is 4. The first kappa shape index (κ1) is 15.4. The van der Waals surface area contributed by atoms with E-state index in [1.165, 1.54) is 12.8 Å². The molecule has 1 aliphatic rings. The van der Waals surface area contributed by atoms with Gasteiger partial charge in [0.05, 0.1) is 13.7 Å². The Morgan fingerprint density at radius 3 is 2.81 bits per heavy atom. The summed E-state index contributed by atoms with van der Waals surface area (Å²) < 4.78 is 5.08. The van der Waals surface area contributed by atoms with Crippen molar-refractivity contribution in [3.63, 3.8) is 0 Å². The molecule has 0 bridgehead atoms. The summed E-state index contributed by atoms with van der Waals surface area (Å²) in [6.45, 7) is 2.43. The van der Waals surface area contributed by atoms with Crippen LogP contribution in [0.4, 0.5) is 5.69 Å². The Morgan fingerprint density at radius 1 is 1.38 bits per heavy atom. The van der Waals surface area contributed by atoms with Crippen molar-refractivity contribution in [3.8, 4) is 5.75 Å². The van der Waals surface area contributed by atoms with Gasteiger partial charge >= 0.3 is 0 Å². The van der Waals surface area contributed by atoms with Gasteiger partial charge in [0, 0.05) is 11.4 Å². The van der Waals surface area contributed by atoms with Crippen molar-refractivity contribution in [1.29, 1.82) is 0 Å². The van der Waals surface area contributed by atoms with Crippen molar-refractivity contribution in [1.82, 2.24) is 5.43 Å². The van der Waals surface area contributed by atoms with E-state index >= 15 is 0 Å². The number of anilines is 1. The minimum absolute atomic E-state index is 0.128. The van der Waals surface area contributed by atoms with Crippen LogP contribution in [0.15, 0.2) is 29.4 Å². The van der Waals surface area contributed by atoms with E-state index in [0.717, 1.165) is 30.0 Å². The normalized spacial score (nSPS) is 20.1. The Kier molecular flexibility index (Phi) is 5.60. The van der Waals surface area contributed by atoms with Crippen LogP contribution >= 0.6 is 0 Å².